The number of esters is 1. The Morgan fingerprint density at radius 2 is 1.62 bits per heavy atom. The van der Waals surface area contributed by atoms with Crippen LogP contribution in [0.4, 0.5) is 4.79 Å². The number of amides is 1. The van der Waals surface area contributed by atoms with E-state index in [1.165, 1.54) is 7.11 Å². The summed E-state index contributed by atoms with van der Waals surface area (Å²) in [4.78, 5) is 27.7. The van der Waals surface area contributed by atoms with Gasteiger partial charge in [-0.1, -0.05) is 68.2 Å². The number of hydrogen-bond donors (Lipinski definition) is 0. The van der Waals surface area contributed by atoms with E-state index in [4.69, 9.17) is 14.2 Å². The molecule has 1 aliphatic heterocycles. The van der Waals surface area contributed by atoms with Crippen LogP contribution in [0.3, 0.4) is 0 Å². The summed E-state index contributed by atoms with van der Waals surface area (Å²) < 4.78 is 17.0. The molecule has 0 aliphatic carbocycles. The molecule has 1 heterocycles. The summed E-state index contributed by atoms with van der Waals surface area (Å²) in [5.41, 5.74) is 3.78. The van der Waals surface area contributed by atoms with Crippen molar-refractivity contribution in [2.75, 3.05) is 33.4 Å². The quantitative estimate of drug-likeness (QED) is 0.224. The zero-order valence-corrected chi connectivity index (χ0v) is 24.3. The maximum absolute atomic E-state index is 13.1. The van der Waals surface area contributed by atoms with E-state index < -0.39 is 25.7 Å². The van der Waals surface area contributed by atoms with Crippen molar-refractivity contribution in [1.82, 2.24) is 4.90 Å². The Morgan fingerprint density at radius 1 is 0.973 bits per heavy atom. The lowest BCUT2D eigenvalue weighted by Crippen LogP contribution is -2.46. The van der Waals surface area contributed by atoms with Crippen molar-refractivity contribution in [1.29, 1.82) is 0 Å². The minimum atomic E-state index is -1.26. The van der Waals surface area contributed by atoms with E-state index in [0.717, 1.165) is 28.3 Å². The fraction of sp³-hybridized carbons (Fsp3) is 0.467. The van der Waals surface area contributed by atoms with Crippen molar-refractivity contribution in [3.05, 3.63) is 65.7 Å². The molecule has 2 aromatic rings. The van der Waals surface area contributed by atoms with E-state index in [-0.39, 0.29) is 12.5 Å². The van der Waals surface area contributed by atoms with Crippen LogP contribution in [-0.2, 0) is 19.0 Å². The molecule has 0 radical (unpaired) electrons. The molecular formula is C30H41NO5Si. The average Bonchev–Trinajstić information content (AvgIpc) is 2.84. The minimum Gasteiger partial charge on any atom is -0.466 e. The molecule has 1 atom stereocenters. The molecule has 37 heavy (non-hydrogen) atoms. The second kappa shape index (κ2) is 12.1. The largest absolute Gasteiger partial charge is 0.466 e. The highest BCUT2D eigenvalue weighted by molar-refractivity contribution is 6.76. The number of methoxy groups -OCH3 is 1. The van der Waals surface area contributed by atoms with Gasteiger partial charge >= 0.3 is 12.1 Å². The van der Waals surface area contributed by atoms with Gasteiger partial charge in [0.2, 0.25) is 0 Å². The van der Waals surface area contributed by atoms with Crippen LogP contribution in [0.2, 0.25) is 25.7 Å². The molecule has 0 N–H and O–H groups in total. The molecule has 200 valence electrons. The molecule has 3 rings (SSSR count). The van der Waals surface area contributed by atoms with Gasteiger partial charge in [-0.25, -0.2) is 9.59 Å². The first-order chi connectivity index (χ1) is 17.4. The SMILES string of the molecule is COC(=O)C1=C(c2cccc(-c3ccccc3)c2)C(COCC[Si](C)(C)C)CN(C(=O)OC(C)(C)C)C1. The summed E-state index contributed by atoms with van der Waals surface area (Å²) in [6.45, 7) is 14.0. The predicted molar refractivity (Wildman–Crippen MR) is 151 cm³/mol. The number of carbonyl (C=O) groups is 2. The van der Waals surface area contributed by atoms with Gasteiger partial charge in [-0.15, -0.1) is 0 Å². The third-order valence-electron chi connectivity index (χ3n) is 6.20. The first-order valence-corrected chi connectivity index (χ1v) is 16.6. The molecule has 6 nitrogen and oxygen atoms in total. The fourth-order valence-electron chi connectivity index (χ4n) is 4.35. The van der Waals surface area contributed by atoms with Crippen LogP contribution in [0.15, 0.2) is 60.2 Å². The van der Waals surface area contributed by atoms with Gasteiger partial charge in [0, 0.05) is 27.1 Å². The summed E-state index contributed by atoms with van der Waals surface area (Å²) in [5.74, 6) is -0.650. The standard InChI is InChI=1S/C30H41NO5Si/c1-30(2,3)36-29(33)31-19-25(21-35-16-17-37(5,6)7)27(26(20-31)28(32)34-4)24-15-11-14-23(18-24)22-12-9-8-10-13-22/h8-15,18,25H,16-17,19-21H2,1-7H3. The first-order valence-electron chi connectivity index (χ1n) is 12.9. The van der Waals surface area contributed by atoms with Gasteiger partial charge in [-0.2, -0.15) is 0 Å². The Labute approximate surface area is 222 Å². The first kappa shape index (κ1) is 28.7. The highest BCUT2D eigenvalue weighted by atomic mass is 28.3. The third-order valence-corrected chi connectivity index (χ3v) is 7.91. The normalized spacial score (nSPS) is 16.5. The van der Waals surface area contributed by atoms with Crippen molar-refractivity contribution < 1.29 is 23.8 Å². The van der Waals surface area contributed by atoms with Gasteiger partial charge in [0.1, 0.15) is 5.60 Å². The zero-order chi connectivity index (χ0) is 27.2. The Kier molecular flexibility index (Phi) is 9.37. The van der Waals surface area contributed by atoms with Gasteiger partial charge < -0.3 is 19.1 Å². The van der Waals surface area contributed by atoms with Crippen molar-refractivity contribution in [3.63, 3.8) is 0 Å². The van der Waals surface area contributed by atoms with Crippen molar-refractivity contribution in [3.8, 4) is 11.1 Å². The second-order valence-corrected chi connectivity index (χ2v) is 17.4. The highest BCUT2D eigenvalue weighted by Crippen LogP contribution is 2.36. The molecule has 1 amide bonds. The Hall–Kier alpha value is -2.90. The van der Waals surface area contributed by atoms with Gasteiger partial charge in [-0.05, 0) is 55.1 Å². The number of carbonyl (C=O) groups excluding carboxylic acids is 2. The number of ether oxygens (including phenoxy) is 3. The predicted octanol–water partition coefficient (Wildman–Crippen LogP) is 6.50. The lowest BCUT2D eigenvalue weighted by Gasteiger charge is -2.36. The molecule has 0 saturated carbocycles. The maximum Gasteiger partial charge on any atom is 0.410 e. The van der Waals surface area contributed by atoms with Crippen LogP contribution in [0.5, 0.6) is 0 Å². The fourth-order valence-corrected chi connectivity index (χ4v) is 5.11. The monoisotopic (exact) mass is 523 g/mol. The molecule has 2 aromatic carbocycles. The van der Waals surface area contributed by atoms with E-state index >= 15 is 0 Å². The summed E-state index contributed by atoms with van der Waals surface area (Å²) in [6, 6.07) is 19.4. The van der Waals surface area contributed by atoms with E-state index in [0.29, 0.717) is 25.3 Å². The molecule has 0 aromatic heterocycles. The number of hydrogen-bond acceptors (Lipinski definition) is 5. The average molecular weight is 524 g/mol. The van der Waals surface area contributed by atoms with Crippen LogP contribution < -0.4 is 0 Å². The summed E-state index contributed by atoms with van der Waals surface area (Å²) in [7, 11) is 0.113. The smallest absolute Gasteiger partial charge is 0.410 e. The van der Waals surface area contributed by atoms with Gasteiger partial charge in [-0.3, -0.25) is 0 Å². The van der Waals surface area contributed by atoms with E-state index in [1.54, 1.807) is 4.90 Å². The van der Waals surface area contributed by atoms with Crippen LogP contribution in [0.25, 0.3) is 16.7 Å². The zero-order valence-electron chi connectivity index (χ0n) is 23.3. The second-order valence-electron chi connectivity index (χ2n) is 11.8. The van der Waals surface area contributed by atoms with Gasteiger partial charge in [0.15, 0.2) is 0 Å². The summed E-state index contributed by atoms with van der Waals surface area (Å²) >= 11 is 0. The van der Waals surface area contributed by atoms with Gasteiger partial charge in [0.05, 0.1) is 25.8 Å². The number of nitrogens with zero attached hydrogens (tertiary/aromatic N) is 1. The molecule has 7 heteroatoms. The number of benzene rings is 2. The van der Waals surface area contributed by atoms with Crippen LogP contribution >= 0.6 is 0 Å². The van der Waals surface area contributed by atoms with Gasteiger partial charge in [0.25, 0.3) is 0 Å². The minimum absolute atomic E-state index is 0.123. The Balaban J connectivity index is 2.03. The Bertz CT molecular complexity index is 1110. The van der Waals surface area contributed by atoms with Crippen LogP contribution in [0, 0.1) is 5.92 Å². The van der Waals surface area contributed by atoms with Crippen LogP contribution in [0.1, 0.15) is 26.3 Å². The van der Waals surface area contributed by atoms with Crippen molar-refractivity contribution >= 4 is 25.7 Å². The highest BCUT2D eigenvalue weighted by Gasteiger charge is 2.36. The number of rotatable bonds is 8. The van der Waals surface area contributed by atoms with Crippen LogP contribution in [-0.4, -0.2) is 64.1 Å². The van der Waals surface area contributed by atoms with E-state index in [9.17, 15) is 9.59 Å². The molecule has 0 bridgehead atoms. The lowest BCUT2D eigenvalue weighted by molar-refractivity contribution is -0.136. The molecule has 0 saturated heterocycles. The maximum atomic E-state index is 13.1. The molecule has 1 unspecified atom stereocenters. The molecule has 0 fully saturated rings. The van der Waals surface area contributed by atoms with E-state index in [1.807, 2.05) is 51.1 Å². The Morgan fingerprint density at radius 3 is 2.24 bits per heavy atom. The topological polar surface area (TPSA) is 65.1 Å². The molecule has 0 spiro atoms. The summed E-state index contributed by atoms with van der Waals surface area (Å²) in [6.07, 6.45) is -0.446. The third kappa shape index (κ3) is 8.30. The van der Waals surface area contributed by atoms with E-state index in [2.05, 4.69) is 43.9 Å². The lowest BCUT2D eigenvalue weighted by atomic mass is 9.84. The van der Waals surface area contributed by atoms with Crippen molar-refractivity contribution in [2.24, 2.45) is 5.92 Å². The molecule has 1 aliphatic rings. The van der Waals surface area contributed by atoms with Crippen molar-refractivity contribution in [2.45, 2.75) is 52.1 Å². The molecular weight excluding hydrogens is 482 g/mol. The summed E-state index contributed by atoms with van der Waals surface area (Å²) in [5, 5.41) is 0.